The summed E-state index contributed by atoms with van der Waals surface area (Å²) in [6, 6.07) is 4.69. The molecular weight excluding hydrogens is 375 g/mol. The molecule has 0 amide bonds. The molecule has 2 heterocycles. The van der Waals surface area contributed by atoms with E-state index >= 15 is 0 Å². The highest BCUT2D eigenvalue weighted by molar-refractivity contribution is 7.89. The Hall–Kier alpha value is -0.950. The highest BCUT2D eigenvalue weighted by Crippen LogP contribution is 2.24. The third kappa shape index (κ3) is 5.02. The topological polar surface area (TPSA) is 86.5 Å². The van der Waals surface area contributed by atoms with Crippen LogP contribution >= 0.6 is 23.2 Å². The maximum absolute atomic E-state index is 12.8. The van der Waals surface area contributed by atoms with E-state index in [2.05, 4.69) is 9.88 Å². The van der Waals surface area contributed by atoms with Crippen molar-refractivity contribution in [3.8, 4) is 6.07 Å². The van der Waals surface area contributed by atoms with Crippen LogP contribution in [0.1, 0.15) is 6.42 Å². The summed E-state index contributed by atoms with van der Waals surface area (Å²) in [7, 11) is -3.85. The zero-order valence-electron chi connectivity index (χ0n) is 13.0. The van der Waals surface area contributed by atoms with Gasteiger partial charge in [-0.25, -0.2) is 13.4 Å². The van der Waals surface area contributed by atoms with Gasteiger partial charge in [-0.2, -0.15) is 9.57 Å². The second kappa shape index (κ2) is 8.94. The van der Waals surface area contributed by atoms with E-state index in [4.69, 9.17) is 33.2 Å². The smallest absolute Gasteiger partial charge is 0.246 e. The Balaban J connectivity index is 2.16. The maximum Gasteiger partial charge on any atom is 0.246 e. The number of ether oxygens (including phenoxy) is 1. The molecule has 0 saturated carbocycles. The number of hydrogen-bond donors (Lipinski definition) is 0. The Bertz CT molecular complexity index is 702. The lowest BCUT2D eigenvalue weighted by atomic mass is 10.4. The lowest BCUT2D eigenvalue weighted by Gasteiger charge is -2.29. The fourth-order valence-electron chi connectivity index (χ4n) is 2.34. The van der Waals surface area contributed by atoms with E-state index in [0.717, 1.165) is 13.1 Å². The van der Waals surface area contributed by atoms with Crippen molar-refractivity contribution in [2.24, 2.45) is 0 Å². The van der Waals surface area contributed by atoms with Gasteiger partial charge in [0.05, 0.1) is 19.3 Å². The fraction of sp³-hybridized carbons (Fsp3) is 0.571. The van der Waals surface area contributed by atoms with Crippen molar-refractivity contribution in [1.29, 1.82) is 5.26 Å². The second-order valence-electron chi connectivity index (χ2n) is 5.19. The fourth-order valence-corrected chi connectivity index (χ4v) is 4.40. The number of sulfonamides is 1. The molecule has 0 N–H and O–H groups in total. The number of nitrogens with zero attached hydrogens (tertiary/aromatic N) is 4. The summed E-state index contributed by atoms with van der Waals surface area (Å²) < 4.78 is 32.2. The average molecular weight is 393 g/mol. The highest BCUT2D eigenvalue weighted by atomic mass is 35.5. The van der Waals surface area contributed by atoms with Crippen LogP contribution in [0.15, 0.2) is 17.0 Å². The molecule has 1 aliphatic rings. The van der Waals surface area contributed by atoms with Crippen LogP contribution in [0, 0.1) is 11.3 Å². The van der Waals surface area contributed by atoms with E-state index in [1.807, 2.05) is 6.07 Å². The summed E-state index contributed by atoms with van der Waals surface area (Å²) in [5.74, 6) is 0. The van der Waals surface area contributed by atoms with E-state index in [0.29, 0.717) is 19.8 Å². The normalized spacial score (nSPS) is 16.2. The van der Waals surface area contributed by atoms with Gasteiger partial charge in [-0.05, 0) is 12.1 Å². The van der Waals surface area contributed by atoms with Crippen molar-refractivity contribution in [1.82, 2.24) is 14.2 Å². The molecule has 7 nitrogen and oxygen atoms in total. The van der Waals surface area contributed by atoms with Crippen LogP contribution in [0.2, 0.25) is 10.3 Å². The van der Waals surface area contributed by atoms with Crippen LogP contribution in [0.25, 0.3) is 0 Å². The molecule has 0 bridgehead atoms. The predicted octanol–water partition coefficient (Wildman–Crippen LogP) is 1.62. The van der Waals surface area contributed by atoms with Crippen molar-refractivity contribution >= 4 is 33.2 Å². The molecular formula is C14H18Cl2N4O3S. The van der Waals surface area contributed by atoms with Crippen LogP contribution in [0.4, 0.5) is 0 Å². The number of hydrogen-bond acceptors (Lipinski definition) is 6. The molecule has 24 heavy (non-hydrogen) atoms. The predicted molar refractivity (Wildman–Crippen MR) is 90.5 cm³/mol. The number of nitriles is 1. The number of morpholine rings is 1. The summed E-state index contributed by atoms with van der Waals surface area (Å²) >= 11 is 11.7. The summed E-state index contributed by atoms with van der Waals surface area (Å²) in [6.07, 6.45) is 0.0982. The third-order valence-electron chi connectivity index (χ3n) is 3.64. The molecule has 1 aliphatic heterocycles. The molecule has 132 valence electrons. The summed E-state index contributed by atoms with van der Waals surface area (Å²) in [5, 5.41) is 8.76. The van der Waals surface area contributed by atoms with Crippen LogP contribution in [-0.2, 0) is 14.8 Å². The van der Waals surface area contributed by atoms with Crippen molar-refractivity contribution < 1.29 is 13.2 Å². The summed E-state index contributed by atoms with van der Waals surface area (Å²) in [4.78, 5) is 5.81. The molecule has 0 atom stereocenters. The van der Waals surface area contributed by atoms with Gasteiger partial charge in [-0.1, -0.05) is 23.2 Å². The van der Waals surface area contributed by atoms with E-state index in [1.165, 1.54) is 16.4 Å². The lowest BCUT2D eigenvalue weighted by Crippen LogP contribution is -2.43. The van der Waals surface area contributed by atoms with Gasteiger partial charge < -0.3 is 4.74 Å². The first kappa shape index (κ1) is 19.4. The molecule has 2 rings (SSSR count). The standard InChI is InChI=1S/C14H18Cl2N4O3S/c15-13-3-2-12(14(16)18-13)24(21,22)20(5-1-4-17)7-6-19-8-10-23-11-9-19/h2-3H,1,5-11H2. The van der Waals surface area contributed by atoms with Crippen molar-refractivity contribution in [2.75, 3.05) is 45.9 Å². The molecule has 0 unspecified atom stereocenters. The van der Waals surface area contributed by atoms with E-state index in [9.17, 15) is 8.42 Å². The number of aromatic nitrogens is 1. The minimum absolute atomic E-state index is 0.0982. The second-order valence-corrected chi connectivity index (χ2v) is 7.84. The molecule has 0 aliphatic carbocycles. The molecule has 0 aromatic carbocycles. The first-order chi connectivity index (χ1) is 11.4. The van der Waals surface area contributed by atoms with Gasteiger partial charge in [0, 0.05) is 39.1 Å². The number of pyridine rings is 1. The molecule has 1 aromatic heterocycles. The van der Waals surface area contributed by atoms with E-state index in [1.54, 1.807) is 0 Å². The maximum atomic E-state index is 12.8. The average Bonchev–Trinajstić information content (AvgIpc) is 2.55. The third-order valence-corrected chi connectivity index (χ3v) is 6.18. The quantitative estimate of drug-likeness (QED) is 0.655. The summed E-state index contributed by atoms with van der Waals surface area (Å²) in [6.45, 7) is 3.72. The van der Waals surface area contributed by atoms with Gasteiger partial charge in [-0.3, -0.25) is 4.90 Å². The minimum atomic E-state index is -3.85. The lowest BCUT2D eigenvalue weighted by molar-refractivity contribution is 0.0363. The van der Waals surface area contributed by atoms with Gasteiger partial charge in [0.2, 0.25) is 10.0 Å². The van der Waals surface area contributed by atoms with Crippen molar-refractivity contribution in [3.63, 3.8) is 0 Å². The van der Waals surface area contributed by atoms with E-state index in [-0.39, 0.29) is 34.7 Å². The van der Waals surface area contributed by atoms with Gasteiger partial charge in [0.15, 0.2) is 5.15 Å². The first-order valence-corrected chi connectivity index (χ1v) is 9.64. The zero-order chi connectivity index (χ0) is 17.6. The highest BCUT2D eigenvalue weighted by Gasteiger charge is 2.28. The molecule has 1 fully saturated rings. The van der Waals surface area contributed by atoms with Gasteiger partial charge in [0.25, 0.3) is 0 Å². The van der Waals surface area contributed by atoms with Crippen LogP contribution in [0.3, 0.4) is 0 Å². The van der Waals surface area contributed by atoms with E-state index < -0.39 is 10.0 Å². The summed E-state index contributed by atoms with van der Waals surface area (Å²) in [5.41, 5.74) is 0. The van der Waals surface area contributed by atoms with Crippen molar-refractivity contribution in [2.45, 2.75) is 11.3 Å². The largest absolute Gasteiger partial charge is 0.379 e. The van der Waals surface area contributed by atoms with Gasteiger partial charge in [0.1, 0.15) is 10.0 Å². The number of rotatable bonds is 7. The molecule has 10 heteroatoms. The van der Waals surface area contributed by atoms with Gasteiger partial charge >= 0.3 is 0 Å². The van der Waals surface area contributed by atoms with Crippen LogP contribution in [0.5, 0.6) is 0 Å². The molecule has 0 radical (unpaired) electrons. The first-order valence-electron chi connectivity index (χ1n) is 7.44. The number of halogens is 2. The Morgan fingerprint density at radius 2 is 2.00 bits per heavy atom. The Morgan fingerprint density at radius 1 is 1.29 bits per heavy atom. The monoisotopic (exact) mass is 392 g/mol. The SMILES string of the molecule is N#CCCN(CCN1CCOCC1)S(=O)(=O)c1ccc(Cl)nc1Cl. The molecule has 0 spiro atoms. The van der Waals surface area contributed by atoms with Crippen molar-refractivity contribution in [3.05, 3.63) is 22.4 Å². The van der Waals surface area contributed by atoms with Gasteiger partial charge in [-0.15, -0.1) is 0 Å². The zero-order valence-corrected chi connectivity index (χ0v) is 15.3. The molecule has 1 saturated heterocycles. The van der Waals surface area contributed by atoms with Crippen LogP contribution in [-0.4, -0.2) is 68.5 Å². The Kier molecular flexibility index (Phi) is 7.22. The Morgan fingerprint density at radius 3 is 2.62 bits per heavy atom. The van der Waals surface area contributed by atoms with Crippen LogP contribution < -0.4 is 0 Å². The molecule has 1 aromatic rings. The Labute approximate surface area is 151 Å². The minimum Gasteiger partial charge on any atom is -0.379 e.